The molecule has 0 aliphatic heterocycles. The molecule has 2 aromatic rings. The number of quaternary nitrogens is 1. The van der Waals surface area contributed by atoms with E-state index in [1.165, 1.54) is 12.2 Å². The van der Waals surface area contributed by atoms with Gasteiger partial charge in [-0.2, -0.15) is 0 Å². The van der Waals surface area contributed by atoms with E-state index in [9.17, 15) is 9.59 Å². The van der Waals surface area contributed by atoms with Crippen LogP contribution in [0.4, 0.5) is 0 Å². The van der Waals surface area contributed by atoms with Gasteiger partial charge in [-0.05, 0) is 23.3 Å². The second-order valence-electron chi connectivity index (χ2n) is 7.91. The van der Waals surface area contributed by atoms with Crippen molar-refractivity contribution < 1.29 is 23.5 Å². The lowest BCUT2D eigenvalue weighted by Crippen LogP contribution is -2.42. The van der Waals surface area contributed by atoms with E-state index >= 15 is 0 Å². The topological polar surface area (TPSA) is 52.6 Å². The number of ether oxygens (including phenoxy) is 2. The molecule has 5 heteroatoms. The summed E-state index contributed by atoms with van der Waals surface area (Å²) in [6.45, 7) is 2.52. The van der Waals surface area contributed by atoms with Gasteiger partial charge in [0.05, 0.1) is 40.4 Å². The molecule has 0 radical (unpaired) electrons. The fraction of sp³-hybridized carbons (Fsp3) is 0.308. The standard InChI is InChI=1S/C26H32NO4/c1-27(2,19-9-21-30-25(28)17-15-23-11-5-3-6-12-23)20-10-22-31-26(29)18-16-24-13-7-4-8-14-24/h3-8,11-18H,9-10,19-22H2,1-2H3/q+1. The van der Waals surface area contributed by atoms with Crippen LogP contribution in [0.5, 0.6) is 0 Å². The second kappa shape index (κ2) is 13.2. The Balaban J connectivity index is 1.56. The van der Waals surface area contributed by atoms with Gasteiger partial charge >= 0.3 is 11.9 Å². The minimum Gasteiger partial charge on any atom is -0.462 e. The molecular formula is C26H32NO4+. The molecule has 0 atom stereocenters. The first-order valence-electron chi connectivity index (χ1n) is 10.6. The van der Waals surface area contributed by atoms with Crippen molar-refractivity contribution in [1.29, 1.82) is 0 Å². The molecule has 0 spiro atoms. The van der Waals surface area contributed by atoms with Crippen LogP contribution in [0.1, 0.15) is 24.0 Å². The van der Waals surface area contributed by atoms with Crippen molar-refractivity contribution in [3.63, 3.8) is 0 Å². The molecule has 0 aliphatic rings. The van der Waals surface area contributed by atoms with Crippen LogP contribution in [-0.2, 0) is 19.1 Å². The number of benzene rings is 2. The van der Waals surface area contributed by atoms with Crippen LogP contribution in [0.3, 0.4) is 0 Å². The lowest BCUT2D eigenvalue weighted by atomic mass is 10.2. The number of hydrogen-bond acceptors (Lipinski definition) is 4. The molecule has 0 aromatic heterocycles. The number of nitrogens with zero attached hydrogens (tertiary/aromatic N) is 1. The maximum absolute atomic E-state index is 11.8. The first-order valence-corrected chi connectivity index (χ1v) is 10.6. The van der Waals surface area contributed by atoms with Gasteiger partial charge in [-0.15, -0.1) is 0 Å². The zero-order valence-corrected chi connectivity index (χ0v) is 18.4. The molecule has 2 aromatic carbocycles. The second-order valence-corrected chi connectivity index (χ2v) is 7.91. The molecule has 2 rings (SSSR count). The summed E-state index contributed by atoms with van der Waals surface area (Å²) in [5.74, 6) is -0.658. The zero-order chi connectivity index (χ0) is 22.4. The van der Waals surface area contributed by atoms with E-state index in [0.717, 1.165) is 41.5 Å². The summed E-state index contributed by atoms with van der Waals surface area (Å²) >= 11 is 0. The van der Waals surface area contributed by atoms with Gasteiger partial charge < -0.3 is 14.0 Å². The molecule has 164 valence electrons. The average Bonchev–Trinajstić information content (AvgIpc) is 2.78. The minimum absolute atomic E-state index is 0.329. The Morgan fingerprint density at radius 2 is 1.10 bits per heavy atom. The number of carbonyl (C=O) groups excluding carboxylic acids is 2. The zero-order valence-electron chi connectivity index (χ0n) is 18.4. The Morgan fingerprint density at radius 1 is 0.710 bits per heavy atom. The molecule has 0 saturated carbocycles. The predicted molar refractivity (Wildman–Crippen MR) is 124 cm³/mol. The van der Waals surface area contributed by atoms with Gasteiger partial charge in [0.15, 0.2) is 0 Å². The predicted octanol–water partition coefficient (Wildman–Crippen LogP) is 4.36. The molecule has 0 saturated heterocycles. The summed E-state index contributed by atoms with van der Waals surface area (Å²) in [5.41, 5.74) is 1.93. The quantitative estimate of drug-likeness (QED) is 0.221. The van der Waals surface area contributed by atoms with Crippen molar-refractivity contribution in [2.24, 2.45) is 0 Å². The maximum atomic E-state index is 11.8. The Labute approximate surface area is 185 Å². The van der Waals surface area contributed by atoms with E-state index in [2.05, 4.69) is 14.1 Å². The third-order valence-electron chi connectivity index (χ3n) is 4.73. The van der Waals surface area contributed by atoms with Crippen molar-refractivity contribution in [3.8, 4) is 0 Å². The molecule has 0 amide bonds. The highest BCUT2D eigenvalue weighted by atomic mass is 16.5. The van der Waals surface area contributed by atoms with Gasteiger partial charge in [0.1, 0.15) is 0 Å². The molecule has 0 N–H and O–H groups in total. The molecule has 0 bridgehead atoms. The summed E-state index contributed by atoms with van der Waals surface area (Å²) in [4.78, 5) is 23.6. The van der Waals surface area contributed by atoms with Crippen molar-refractivity contribution in [3.05, 3.63) is 83.9 Å². The van der Waals surface area contributed by atoms with Crippen LogP contribution >= 0.6 is 0 Å². The van der Waals surface area contributed by atoms with E-state index in [4.69, 9.17) is 9.47 Å². The third kappa shape index (κ3) is 11.0. The first kappa shape index (κ1) is 24.1. The maximum Gasteiger partial charge on any atom is 0.330 e. The van der Waals surface area contributed by atoms with Crippen LogP contribution in [0.25, 0.3) is 12.2 Å². The highest BCUT2D eigenvalue weighted by Crippen LogP contribution is 2.05. The van der Waals surface area contributed by atoms with Crippen LogP contribution in [0.15, 0.2) is 72.8 Å². The van der Waals surface area contributed by atoms with E-state index in [1.54, 1.807) is 12.2 Å². The Morgan fingerprint density at radius 3 is 1.48 bits per heavy atom. The molecule has 0 aliphatic carbocycles. The van der Waals surface area contributed by atoms with Crippen LogP contribution < -0.4 is 0 Å². The number of carbonyl (C=O) groups is 2. The summed E-state index contributed by atoms with van der Waals surface area (Å²) in [6.07, 6.45) is 7.96. The van der Waals surface area contributed by atoms with Crippen molar-refractivity contribution in [1.82, 2.24) is 0 Å². The van der Waals surface area contributed by atoms with E-state index < -0.39 is 0 Å². The lowest BCUT2D eigenvalue weighted by Gasteiger charge is -2.29. The van der Waals surface area contributed by atoms with Gasteiger partial charge in [-0.25, -0.2) is 9.59 Å². The van der Waals surface area contributed by atoms with Gasteiger partial charge in [0.2, 0.25) is 0 Å². The van der Waals surface area contributed by atoms with Crippen LogP contribution in [0.2, 0.25) is 0 Å². The summed E-state index contributed by atoms with van der Waals surface area (Å²) in [6, 6.07) is 19.3. The van der Waals surface area contributed by atoms with Crippen LogP contribution in [0, 0.1) is 0 Å². The monoisotopic (exact) mass is 422 g/mol. The van der Waals surface area contributed by atoms with E-state index in [1.807, 2.05) is 60.7 Å². The Hall–Kier alpha value is -3.18. The van der Waals surface area contributed by atoms with Gasteiger partial charge in [0, 0.05) is 25.0 Å². The fourth-order valence-corrected chi connectivity index (χ4v) is 3.00. The van der Waals surface area contributed by atoms with Crippen LogP contribution in [-0.4, -0.2) is 56.8 Å². The number of rotatable bonds is 12. The summed E-state index contributed by atoms with van der Waals surface area (Å²) < 4.78 is 11.3. The molecule has 0 unspecified atom stereocenters. The Kier molecular flexibility index (Phi) is 10.3. The first-order chi connectivity index (χ1) is 14.9. The van der Waals surface area contributed by atoms with Gasteiger partial charge in [-0.1, -0.05) is 60.7 Å². The van der Waals surface area contributed by atoms with Gasteiger partial charge in [-0.3, -0.25) is 0 Å². The normalized spacial score (nSPS) is 11.7. The average molecular weight is 423 g/mol. The van der Waals surface area contributed by atoms with E-state index in [0.29, 0.717) is 13.2 Å². The molecular weight excluding hydrogens is 390 g/mol. The molecule has 0 heterocycles. The third-order valence-corrected chi connectivity index (χ3v) is 4.73. The number of hydrogen-bond donors (Lipinski definition) is 0. The van der Waals surface area contributed by atoms with Crippen molar-refractivity contribution in [2.75, 3.05) is 40.4 Å². The van der Waals surface area contributed by atoms with Crippen molar-refractivity contribution >= 4 is 24.1 Å². The highest BCUT2D eigenvalue weighted by Gasteiger charge is 2.14. The molecule has 31 heavy (non-hydrogen) atoms. The summed E-state index contributed by atoms with van der Waals surface area (Å²) in [5, 5.41) is 0. The van der Waals surface area contributed by atoms with Gasteiger partial charge in [0.25, 0.3) is 0 Å². The molecule has 0 fully saturated rings. The summed E-state index contributed by atoms with van der Waals surface area (Å²) in [7, 11) is 4.24. The fourth-order valence-electron chi connectivity index (χ4n) is 3.00. The molecule has 5 nitrogen and oxygen atoms in total. The van der Waals surface area contributed by atoms with E-state index in [-0.39, 0.29) is 11.9 Å². The minimum atomic E-state index is -0.329. The largest absolute Gasteiger partial charge is 0.462 e. The Bertz CT molecular complexity index is 786. The SMILES string of the molecule is C[N+](C)(CCCOC(=O)C=Cc1ccccc1)CCCOC(=O)C=Cc1ccccc1. The highest BCUT2D eigenvalue weighted by molar-refractivity contribution is 5.87. The smallest absolute Gasteiger partial charge is 0.330 e. The number of esters is 2. The lowest BCUT2D eigenvalue weighted by molar-refractivity contribution is -0.890. The van der Waals surface area contributed by atoms with Crippen molar-refractivity contribution in [2.45, 2.75) is 12.8 Å².